The van der Waals surface area contributed by atoms with Crippen LogP contribution in [0.1, 0.15) is 0 Å². The molecule has 0 saturated carbocycles. The quantitative estimate of drug-likeness (QED) is 0.171. The molecule has 0 unspecified atom stereocenters. The molecule has 0 atom stereocenters. The molecule has 0 aliphatic rings. The summed E-state index contributed by atoms with van der Waals surface area (Å²) in [5.74, 6) is 0. The smallest absolute Gasteiger partial charge is 0.0784 e. The van der Waals surface area contributed by atoms with Gasteiger partial charge in [0.05, 0.1) is 49.8 Å². The summed E-state index contributed by atoms with van der Waals surface area (Å²) in [6.07, 6.45) is 0. The molecule has 13 rings (SSSR count). The molecular formula is C54H34N4. The van der Waals surface area contributed by atoms with Crippen LogP contribution in [0.3, 0.4) is 0 Å². The number of fused-ring (bicyclic) bond motifs is 12. The molecule has 0 saturated heterocycles. The topological polar surface area (TPSA) is 19.7 Å². The van der Waals surface area contributed by atoms with Gasteiger partial charge in [-0.05, 0) is 78.9 Å². The van der Waals surface area contributed by atoms with Crippen LogP contribution in [0.15, 0.2) is 206 Å². The van der Waals surface area contributed by atoms with Crippen LogP contribution in [-0.2, 0) is 0 Å². The normalized spacial score (nSPS) is 12.1. The number of aromatic nitrogens is 4. The Labute approximate surface area is 333 Å². The van der Waals surface area contributed by atoms with Crippen molar-refractivity contribution in [2.24, 2.45) is 0 Å². The molecule has 0 radical (unpaired) electrons. The van der Waals surface area contributed by atoms with Gasteiger partial charge >= 0.3 is 0 Å². The second-order valence-electron chi connectivity index (χ2n) is 15.3. The third-order valence-electron chi connectivity index (χ3n) is 12.3. The molecule has 0 bridgehead atoms. The fourth-order valence-corrected chi connectivity index (χ4v) is 9.97. The van der Waals surface area contributed by atoms with Gasteiger partial charge in [-0.3, -0.25) is 0 Å². The van der Waals surface area contributed by atoms with Crippen molar-refractivity contribution in [3.8, 4) is 22.7 Å². The Bertz CT molecular complexity index is 3690. The van der Waals surface area contributed by atoms with Gasteiger partial charge in [0.1, 0.15) is 0 Å². The number of para-hydroxylation sites is 7. The van der Waals surface area contributed by atoms with Gasteiger partial charge in [-0.25, -0.2) is 0 Å². The zero-order chi connectivity index (χ0) is 37.9. The highest BCUT2D eigenvalue weighted by Crippen LogP contribution is 2.43. The van der Waals surface area contributed by atoms with Crippen molar-refractivity contribution in [3.63, 3.8) is 0 Å². The molecule has 4 heterocycles. The number of hydrogen-bond acceptors (Lipinski definition) is 0. The van der Waals surface area contributed by atoms with Crippen LogP contribution in [-0.4, -0.2) is 18.3 Å². The molecule has 0 spiro atoms. The van der Waals surface area contributed by atoms with E-state index in [1.165, 1.54) is 87.2 Å². The third kappa shape index (κ3) is 4.23. The third-order valence-corrected chi connectivity index (χ3v) is 12.3. The largest absolute Gasteiger partial charge is 0.309 e. The minimum Gasteiger partial charge on any atom is -0.309 e. The number of hydrogen-bond donors (Lipinski definition) is 0. The first kappa shape index (κ1) is 31.4. The lowest BCUT2D eigenvalue weighted by Crippen LogP contribution is -2.03. The molecule has 4 aromatic heterocycles. The molecule has 270 valence electrons. The molecule has 13 aromatic rings. The maximum absolute atomic E-state index is 2.51. The summed E-state index contributed by atoms with van der Waals surface area (Å²) >= 11 is 0. The molecule has 4 nitrogen and oxygen atoms in total. The van der Waals surface area contributed by atoms with Gasteiger partial charge < -0.3 is 18.3 Å². The standard InChI is InChI=1S/C54H34N4/c1-2-16-35(17-3-1)55-48-26-12-8-22-42(48)44-32-36(30-31-52(44)55)57-49-27-13-9-23-43(49)45-33-37(56-46-24-10-4-18-38(46)39-19-5-11-25-47(39)56)34-53(54(45)57)58-50-28-14-6-20-40(50)41-21-7-15-29-51(41)58/h1-34H. The van der Waals surface area contributed by atoms with E-state index in [0.717, 1.165) is 22.7 Å². The van der Waals surface area contributed by atoms with Crippen LogP contribution in [0.4, 0.5) is 0 Å². The fraction of sp³-hybridized carbons (Fsp3) is 0. The summed E-state index contributed by atoms with van der Waals surface area (Å²) in [7, 11) is 0. The van der Waals surface area contributed by atoms with Gasteiger partial charge in [-0.1, -0.05) is 127 Å². The van der Waals surface area contributed by atoms with Gasteiger partial charge in [0.2, 0.25) is 0 Å². The first-order valence-corrected chi connectivity index (χ1v) is 20.0. The zero-order valence-electron chi connectivity index (χ0n) is 31.4. The van der Waals surface area contributed by atoms with Crippen molar-refractivity contribution in [1.29, 1.82) is 0 Å². The number of benzene rings is 9. The Hall–Kier alpha value is -7.82. The highest BCUT2D eigenvalue weighted by Gasteiger charge is 2.24. The van der Waals surface area contributed by atoms with E-state index < -0.39 is 0 Å². The molecule has 58 heavy (non-hydrogen) atoms. The molecule has 4 heteroatoms. The Morgan fingerprint density at radius 1 is 0.207 bits per heavy atom. The Balaban J connectivity index is 1.20. The van der Waals surface area contributed by atoms with Crippen LogP contribution in [0.5, 0.6) is 0 Å². The van der Waals surface area contributed by atoms with E-state index in [1.54, 1.807) is 0 Å². The van der Waals surface area contributed by atoms with Crippen LogP contribution >= 0.6 is 0 Å². The van der Waals surface area contributed by atoms with E-state index in [0.29, 0.717) is 0 Å². The first-order valence-electron chi connectivity index (χ1n) is 20.0. The van der Waals surface area contributed by atoms with E-state index in [4.69, 9.17) is 0 Å². The van der Waals surface area contributed by atoms with Crippen LogP contribution in [0.2, 0.25) is 0 Å². The van der Waals surface area contributed by atoms with Crippen molar-refractivity contribution < 1.29 is 0 Å². The van der Waals surface area contributed by atoms with Gasteiger partial charge in [0.25, 0.3) is 0 Å². The summed E-state index contributed by atoms with van der Waals surface area (Å²) in [4.78, 5) is 0. The van der Waals surface area contributed by atoms with Crippen LogP contribution in [0.25, 0.3) is 110 Å². The van der Waals surface area contributed by atoms with Crippen molar-refractivity contribution in [2.75, 3.05) is 0 Å². The van der Waals surface area contributed by atoms with Gasteiger partial charge in [-0.2, -0.15) is 0 Å². The molecular weight excluding hydrogens is 705 g/mol. The average Bonchev–Trinajstić information content (AvgIpc) is 4.01. The number of nitrogens with zero attached hydrogens (tertiary/aromatic N) is 4. The van der Waals surface area contributed by atoms with Crippen molar-refractivity contribution >= 4 is 87.2 Å². The SMILES string of the molecule is c1ccc(-n2c3ccccc3c3cc(-n4c5ccccc5c5cc(-n6c7ccccc7c7ccccc76)cc(-n6c7ccccc7c7ccccc76)c54)ccc32)cc1. The van der Waals surface area contributed by atoms with Crippen molar-refractivity contribution in [2.45, 2.75) is 0 Å². The monoisotopic (exact) mass is 738 g/mol. The second kappa shape index (κ2) is 11.8. The van der Waals surface area contributed by atoms with Gasteiger partial charge in [0.15, 0.2) is 0 Å². The minimum atomic E-state index is 1.13. The summed E-state index contributed by atoms with van der Waals surface area (Å²) < 4.78 is 9.85. The first-order chi connectivity index (χ1) is 28.8. The van der Waals surface area contributed by atoms with Crippen LogP contribution < -0.4 is 0 Å². The average molecular weight is 739 g/mol. The molecule has 0 aliphatic heterocycles. The van der Waals surface area contributed by atoms with E-state index >= 15 is 0 Å². The van der Waals surface area contributed by atoms with E-state index in [1.807, 2.05) is 0 Å². The lowest BCUT2D eigenvalue weighted by atomic mass is 10.1. The molecule has 0 amide bonds. The minimum absolute atomic E-state index is 1.13. The highest BCUT2D eigenvalue weighted by molar-refractivity contribution is 6.17. The summed E-state index contributed by atoms with van der Waals surface area (Å²) in [6.45, 7) is 0. The molecule has 0 aliphatic carbocycles. The molecule has 0 N–H and O–H groups in total. The Kier molecular flexibility index (Phi) is 6.41. The summed E-state index contributed by atoms with van der Waals surface area (Å²) in [5.41, 5.74) is 14.0. The zero-order valence-corrected chi connectivity index (χ0v) is 31.4. The van der Waals surface area contributed by atoms with Crippen LogP contribution in [0, 0.1) is 0 Å². The maximum Gasteiger partial charge on any atom is 0.0784 e. The Morgan fingerprint density at radius 3 is 1.09 bits per heavy atom. The predicted octanol–water partition coefficient (Wildman–Crippen LogP) is 14.1. The number of rotatable bonds is 4. The predicted molar refractivity (Wildman–Crippen MR) is 244 cm³/mol. The fourth-order valence-electron chi connectivity index (χ4n) is 9.97. The summed E-state index contributed by atoms with van der Waals surface area (Å²) in [5, 5.41) is 9.87. The highest BCUT2D eigenvalue weighted by atomic mass is 15.1. The van der Waals surface area contributed by atoms with Gasteiger partial charge in [-0.15, -0.1) is 0 Å². The van der Waals surface area contributed by atoms with E-state index in [2.05, 4.69) is 225 Å². The van der Waals surface area contributed by atoms with Crippen molar-refractivity contribution in [3.05, 3.63) is 206 Å². The summed E-state index contributed by atoms with van der Waals surface area (Å²) in [6, 6.07) is 75.6. The lowest BCUT2D eigenvalue weighted by Gasteiger charge is -2.17. The van der Waals surface area contributed by atoms with Crippen molar-refractivity contribution in [1.82, 2.24) is 18.3 Å². The van der Waals surface area contributed by atoms with E-state index in [-0.39, 0.29) is 0 Å². The lowest BCUT2D eigenvalue weighted by molar-refractivity contribution is 1.11. The van der Waals surface area contributed by atoms with Gasteiger partial charge in [0, 0.05) is 60.2 Å². The second-order valence-corrected chi connectivity index (χ2v) is 15.3. The molecule has 9 aromatic carbocycles. The van der Waals surface area contributed by atoms with E-state index in [9.17, 15) is 0 Å². The molecule has 0 fully saturated rings. The maximum atomic E-state index is 2.51. The Morgan fingerprint density at radius 2 is 0.569 bits per heavy atom.